The van der Waals surface area contributed by atoms with Gasteiger partial charge in [-0.2, -0.15) is 0 Å². The number of rotatable bonds is 9. The van der Waals surface area contributed by atoms with Crippen LogP contribution < -0.4 is 14.8 Å². The Balaban J connectivity index is 1.79. The van der Waals surface area contributed by atoms with Crippen molar-refractivity contribution in [1.29, 1.82) is 0 Å². The molecule has 0 fully saturated rings. The van der Waals surface area contributed by atoms with Crippen molar-refractivity contribution in [2.75, 3.05) is 12.8 Å². The van der Waals surface area contributed by atoms with E-state index in [0.29, 0.717) is 24.4 Å². The second-order valence-corrected chi connectivity index (χ2v) is 7.76. The minimum Gasteiger partial charge on any atom is -0.489 e. The average molecular weight is 366 g/mol. The second-order valence-electron chi connectivity index (χ2n) is 5.93. The SMILES string of the molecule is C[C@H](CNS(C)(=O)=O)NCc1ccc(OCc2ccccc2F)cc1. The van der Waals surface area contributed by atoms with Crippen molar-refractivity contribution in [1.82, 2.24) is 10.0 Å². The van der Waals surface area contributed by atoms with E-state index in [0.717, 1.165) is 11.8 Å². The molecule has 0 bridgehead atoms. The number of hydrogen-bond donors (Lipinski definition) is 2. The molecule has 0 aromatic heterocycles. The monoisotopic (exact) mass is 366 g/mol. The molecule has 1 atom stereocenters. The van der Waals surface area contributed by atoms with E-state index in [1.807, 2.05) is 31.2 Å². The maximum absolute atomic E-state index is 13.5. The Bertz CT molecular complexity index is 779. The summed E-state index contributed by atoms with van der Waals surface area (Å²) in [7, 11) is -3.17. The second kappa shape index (κ2) is 8.94. The van der Waals surface area contributed by atoms with Gasteiger partial charge in [0, 0.05) is 24.7 Å². The fraction of sp³-hybridized carbons (Fsp3) is 0.333. The molecule has 5 nitrogen and oxygen atoms in total. The summed E-state index contributed by atoms with van der Waals surface area (Å²) in [4.78, 5) is 0. The van der Waals surface area contributed by atoms with E-state index in [1.54, 1.807) is 18.2 Å². The normalized spacial score (nSPS) is 12.8. The minimum atomic E-state index is -3.17. The summed E-state index contributed by atoms with van der Waals surface area (Å²) in [6.45, 7) is 3.03. The molecule has 2 N–H and O–H groups in total. The van der Waals surface area contributed by atoms with Gasteiger partial charge >= 0.3 is 0 Å². The number of hydrogen-bond acceptors (Lipinski definition) is 4. The highest BCUT2D eigenvalue weighted by Gasteiger charge is 2.06. The van der Waals surface area contributed by atoms with Gasteiger partial charge < -0.3 is 10.1 Å². The number of ether oxygens (including phenoxy) is 1. The Labute approximate surface area is 148 Å². The number of benzene rings is 2. The van der Waals surface area contributed by atoms with E-state index in [-0.39, 0.29) is 18.5 Å². The summed E-state index contributed by atoms with van der Waals surface area (Å²) in [5.41, 5.74) is 1.56. The molecule has 2 aromatic rings. The van der Waals surface area contributed by atoms with Gasteiger partial charge in [0.25, 0.3) is 0 Å². The number of sulfonamides is 1. The summed E-state index contributed by atoms with van der Waals surface area (Å²) in [5, 5.41) is 3.24. The van der Waals surface area contributed by atoms with Crippen LogP contribution in [0.25, 0.3) is 0 Å². The predicted molar refractivity (Wildman–Crippen MR) is 96.3 cm³/mol. The molecular formula is C18H23FN2O3S. The van der Waals surface area contributed by atoms with Crippen LogP contribution in [-0.4, -0.2) is 27.3 Å². The maximum atomic E-state index is 13.5. The molecule has 0 saturated heterocycles. The first-order valence-corrected chi connectivity index (χ1v) is 9.86. The molecular weight excluding hydrogens is 343 g/mol. The van der Waals surface area contributed by atoms with E-state index in [1.165, 1.54) is 6.07 Å². The van der Waals surface area contributed by atoms with Gasteiger partial charge in [0.1, 0.15) is 18.2 Å². The first-order valence-electron chi connectivity index (χ1n) is 7.96. The van der Waals surface area contributed by atoms with Crippen LogP contribution in [0, 0.1) is 5.82 Å². The zero-order chi connectivity index (χ0) is 18.3. The smallest absolute Gasteiger partial charge is 0.208 e. The Hall–Kier alpha value is -1.96. The average Bonchev–Trinajstić information content (AvgIpc) is 2.58. The maximum Gasteiger partial charge on any atom is 0.208 e. The molecule has 2 rings (SSSR count). The summed E-state index contributed by atoms with van der Waals surface area (Å²) < 4.78 is 43.7. The fourth-order valence-electron chi connectivity index (χ4n) is 2.12. The molecule has 2 aromatic carbocycles. The van der Waals surface area contributed by atoms with E-state index in [4.69, 9.17) is 4.74 Å². The van der Waals surface area contributed by atoms with Crippen molar-refractivity contribution in [3.63, 3.8) is 0 Å². The minimum absolute atomic E-state index is 0.00621. The van der Waals surface area contributed by atoms with Crippen LogP contribution in [0.1, 0.15) is 18.1 Å². The molecule has 7 heteroatoms. The molecule has 25 heavy (non-hydrogen) atoms. The number of nitrogens with one attached hydrogen (secondary N) is 2. The van der Waals surface area contributed by atoms with E-state index < -0.39 is 10.0 Å². The highest BCUT2D eigenvalue weighted by atomic mass is 32.2. The molecule has 0 spiro atoms. The van der Waals surface area contributed by atoms with Crippen LogP contribution in [0.5, 0.6) is 5.75 Å². The van der Waals surface area contributed by atoms with Crippen LogP contribution >= 0.6 is 0 Å². The molecule has 0 saturated carbocycles. The first-order chi connectivity index (χ1) is 11.8. The lowest BCUT2D eigenvalue weighted by Crippen LogP contribution is -2.38. The molecule has 0 aliphatic rings. The molecule has 0 amide bonds. The van der Waals surface area contributed by atoms with Crippen molar-refractivity contribution >= 4 is 10.0 Å². The van der Waals surface area contributed by atoms with E-state index in [2.05, 4.69) is 10.0 Å². The lowest BCUT2D eigenvalue weighted by molar-refractivity contribution is 0.299. The van der Waals surface area contributed by atoms with Crippen LogP contribution in [0.2, 0.25) is 0 Å². The van der Waals surface area contributed by atoms with Gasteiger partial charge in [0.05, 0.1) is 6.26 Å². The van der Waals surface area contributed by atoms with Gasteiger partial charge in [-0.25, -0.2) is 17.5 Å². The standard InChI is InChI=1S/C18H23FN2O3S/c1-14(11-21-25(2,22)23)20-12-15-7-9-17(10-8-15)24-13-16-5-3-4-6-18(16)19/h3-10,14,20-21H,11-13H2,1-2H3/t14-/m1/s1. The zero-order valence-corrected chi connectivity index (χ0v) is 15.1. The Morgan fingerprint density at radius 2 is 1.80 bits per heavy atom. The van der Waals surface area contributed by atoms with Gasteiger partial charge in [-0.3, -0.25) is 0 Å². The molecule has 0 aliphatic carbocycles. The highest BCUT2D eigenvalue weighted by Crippen LogP contribution is 2.15. The van der Waals surface area contributed by atoms with Crippen molar-refractivity contribution in [2.45, 2.75) is 26.1 Å². The van der Waals surface area contributed by atoms with Gasteiger partial charge in [-0.15, -0.1) is 0 Å². The molecule has 0 radical (unpaired) electrons. The quantitative estimate of drug-likeness (QED) is 0.715. The molecule has 0 aliphatic heterocycles. The van der Waals surface area contributed by atoms with Gasteiger partial charge in [0.2, 0.25) is 10.0 Å². The van der Waals surface area contributed by atoms with Crippen molar-refractivity contribution in [3.05, 3.63) is 65.5 Å². The van der Waals surface area contributed by atoms with Crippen LogP contribution in [0.15, 0.2) is 48.5 Å². The van der Waals surface area contributed by atoms with Crippen molar-refractivity contribution in [3.8, 4) is 5.75 Å². The summed E-state index contributed by atoms with van der Waals surface area (Å²) >= 11 is 0. The van der Waals surface area contributed by atoms with Gasteiger partial charge in [-0.1, -0.05) is 30.3 Å². The largest absolute Gasteiger partial charge is 0.489 e. The van der Waals surface area contributed by atoms with Crippen LogP contribution in [-0.2, 0) is 23.2 Å². The third kappa shape index (κ3) is 7.21. The lowest BCUT2D eigenvalue weighted by atomic mass is 10.2. The van der Waals surface area contributed by atoms with Crippen LogP contribution in [0.4, 0.5) is 4.39 Å². The highest BCUT2D eigenvalue weighted by molar-refractivity contribution is 7.88. The van der Waals surface area contributed by atoms with Crippen molar-refractivity contribution < 1.29 is 17.5 Å². The van der Waals surface area contributed by atoms with E-state index >= 15 is 0 Å². The topological polar surface area (TPSA) is 67.4 Å². The summed E-state index contributed by atoms with van der Waals surface area (Å²) in [6, 6.07) is 14.0. The molecule has 136 valence electrons. The van der Waals surface area contributed by atoms with Crippen molar-refractivity contribution in [2.24, 2.45) is 0 Å². The zero-order valence-electron chi connectivity index (χ0n) is 14.3. The van der Waals surface area contributed by atoms with Gasteiger partial charge in [-0.05, 0) is 30.7 Å². The Morgan fingerprint density at radius 3 is 2.44 bits per heavy atom. The molecule has 0 unspecified atom stereocenters. The van der Waals surface area contributed by atoms with Crippen LogP contribution in [0.3, 0.4) is 0 Å². The Kier molecular flexibility index (Phi) is 6.92. The summed E-state index contributed by atoms with van der Waals surface area (Å²) in [6.07, 6.45) is 1.14. The summed E-state index contributed by atoms with van der Waals surface area (Å²) in [5.74, 6) is 0.388. The Morgan fingerprint density at radius 1 is 1.12 bits per heavy atom. The molecule has 0 heterocycles. The van der Waals surface area contributed by atoms with E-state index in [9.17, 15) is 12.8 Å². The van der Waals surface area contributed by atoms with Gasteiger partial charge in [0.15, 0.2) is 0 Å². The fourth-order valence-corrected chi connectivity index (χ4v) is 2.67. The number of halogens is 1. The lowest BCUT2D eigenvalue weighted by Gasteiger charge is -2.14. The third-order valence-corrected chi connectivity index (χ3v) is 4.27. The third-order valence-electron chi connectivity index (χ3n) is 3.58. The predicted octanol–water partition coefficient (Wildman–Crippen LogP) is 2.43. The first kappa shape index (κ1) is 19.4.